The highest BCUT2D eigenvalue weighted by Crippen LogP contribution is 2.26. The minimum absolute atomic E-state index is 0.0466. The average molecular weight is 295 g/mol. The molecule has 1 aromatic carbocycles. The molecule has 3 rings (SSSR count). The number of nitrogens with two attached hydrogens (primary N) is 1. The first-order valence-electron chi connectivity index (χ1n) is 6.27. The molecule has 0 bridgehead atoms. The Bertz CT molecular complexity index is 593. The monoisotopic (exact) mass is 295 g/mol. The van der Waals surface area contributed by atoms with Crippen LogP contribution in [0, 0.1) is 5.82 Å². The fourth-order valence-corrected chi connectivity index (χ4v) is 2.79. The Hall–Kier alpha value is -1.44. The fraction of sp³-hybridized carbons (Fsp3) is 0.385. The van der Waals surface area contributed by atoms with Gasteiger partial charge in [0.1, 0.15) is 5.82 Å². The third-order valence-electron chi connectivity index (χ3n) is 3.12. The van der Waals surface area contributed by atoms with Gasteiger partial charge in [-0.3, -0.25) is 0 Å². The van der Waals surface area contributed by atoms with Crippen LogP contribution in [-0.2, 0) is 10.5 Å². The summed E-state index contributed by atoms with van der Waals surface area (Å²) in [7, 11) is 0. The summed E-state index contributed by atoms with van der Waals surface area (Å²) in [4.78, 5) is 4.88. The minimum atomic E-state index is -0.243. The lowest BCUT2D eigenvalue weighted by Gasteiger charge is -2.06. The molecule has 20 heavy (non-hydrogen) atoms. The number of nitrogens with zero attached hydrogens (tertiary/aromatic N) is 2. The van der Waals surface area contributed by atoms with Crippen molar-refractivity contribution in [3.63, 3.8) is 0 Å². The first-order valence-corrected chi connectivity index (χ1v) is 7.25. The van der Waals surface area contributed by atoms with Crippen molar-refractivity contribution in [2.75, 3.05) is 13.2 Å². The number of aromatic nitrogens is 2. The van der Waals surface area contributed by atoms with E-state index in [-0.39, 0.29) is 17.8 Å². The van der Waals surface area contributed by atoms with Crippen LogP contribution < -0.4 is 5.73 Å². The Morgan fingerprint density at radius 1 is 1.35 bits per heavy atom. The van der Waals surface area contributed by atoms with Crippen LogP contribution in [0.1, 0.15) is 17.6 Å². The molecule has 2 atom stereocenters. The van der Waals surface area contributed by atoms with Crippen molar-refractivity contribution in [2.45, 2.75) is 22.6 Å². The molecule has 2 aromatic rings. The van der Waals surface area contributed by atoms with E-state index < -0.39 is 0 Å². The number of benzene rings is 1. The highest BCUT2D eigenvalue weighted by atomic mass is 32.2. The third-order valence-corrected chi connectivity index (χ3v) is 4.16. The van der Waals surface area contributed by atoms with Crippen molar-refractivity contribution < 1.29 is 13.7 Å². The van der Waals surface area contributed by atoms with Gasteiger partial charge in [-0.05, 0) is 12.1 Å². The van der Waals surface area contributed by atoms with Crippen molar-refractivity contribution in [1.29, 1.82) is 0 Å². The molecule has 0 aliphatic carbocycles. The van der Waals surface area contributed by atoms with Crippen LogP contribution >= 0.6 is 11.8 Å². The predicted molar refractivity (Wildman–Crippen MR) is 71.8 cm³/mol. The molecule has 5 nitrogen and oxygen atoms in total. The Morgan fingerprint density at radius 3 is 2.95 bits per heavy atom. The lowest BCUT2D eigenvalue weighted by Crippen LogP contribution is -2.27. The van der Waals surface area contributed by atoms with E-state index in [1.54, 1.807) is 18.2 Å². The molecule has 0 radical (unpaired) electrons. The van der Waals surface area contributed by atoms with Crippen LogP contribution in [0.25, 0.3) is 0 Å². The van der Waals surface area contributed by atoms with E-state index >= 15 is 0 Å². The van der Waals surface area contributed by atoms with E-state index in [4.69, 9.17) is 15.0 Å². The van der Waals surface area contributed by atoms with Crippen molar-refractivity contribution in [1.82, 2.24) is 10.1 Å². The Labute approximate surface area is 119 Å². The van der Waals surface area contributed by atoms with Gasteiger partial charge >= 0.3 is 0 Å². The lowest BCUT2D eigenvalue weighted by atomic mass is 10.1. The summed E-state index contributed by atoms with van der Waals surface area (Å²) in [6.45, 7) is 1.01. The number of hydrogen-bond donors (Lipinski definition) is 1. The van der Waals surface area contributed by atoms with Gasteiger partial charge in [0.05, 0.1) is 24.9 Å². The molecule has 2 N–H and O–H groups in total. The maximum absolute atomic E-state index is 13.5. The van der Waals surface area contributed by atoms with E-state index in [1.165, 1.54) is 17.8 Å². The van der Waals surface area contributed by atoms with Crippen LogP contribution in [0.5, 0.6) is 0 Å². The number of hydrogen-bond acceptors (Lipinski definition) is 6. The van der Waals surface area contributed by atoms with Gasteiger partial charge < -0.3 is 15.0 Å². The molecule has 0 amide bonds. The molecular formula is C13H14FN3O2S. The van der Waals surface area contributed by atoms with E-state index in [0.717, 1.165) is 0 Å². The second kappa shape index (κ2) is 5.90. The highest BCUT2D eigenvalue weighted by Gasteiger charge is 2.31. The molecule has 2 unspecified atom stereocenters. The van der Waals surface area contributed by atoms with Gasteiger partial charge in [-0.15, -0.1) is 11.8 Å². The van der Waals surface area contributed by atoms with Gasteiger partial charge in [0, 0.05) is 10.9 Å². The fourth-order valence-electron chi connectivity index (χ4n) is 2.01. The summed E-state index contributed by atoms with van der Waals surface area (Å²) >= 11 is 1.33. The second-order valence-corrected chi connectivity index (χ2v) is 5.59. The normalized spacial score (nSPS) is 22.3. The van der Waals surface area contributed by atoms with E-state index in [1.807, 2.05) is 0 Å². The Balaban J connectivity index is 1.64. The summed E-state index contributed by atoms with van der Waals surface area (Å²) in [6.07, 6.45) is 0. The second-order valence-electron chi connectivity index (χ2n) is 4.58. The molecule has 7 heteroatoms. The minimum Gasteiger partial charge on any atom is -0.379 e. The molecule has 1 aliphatic rings. The standard InChI is InChI=1S/C13H14FN3O2S/c14-9-3-1-2-4-11(9)20-7-12-16-13(19-17-12)8-5-18-6-10(8)15/h1-4,8,10H,5-7,15H2. The Kier molecular flexibility index (Phi) is 4.00. The maximum atomic E-state index is 13.5. The van der Waals surface area contributed by atoms with Crippen molar-refractivity contribution in [3.8, 4) is 0 Å². The molecule has 1 aliphatic heterocycles. The molecule has 1 aromatic heterocycles. The molecule has 1 fully saturated rings. The van der Waals surface area contributed by atoms with Crippen LogP contribution in [-0.4, -0.2) is 29.4 Å². The summed E-state index contributed by atoms with van der Waals surface area (Å²) in [5, 5.41) is 3.90. The van der Waals surface area contributed by atoms with Gasteiger partial charge in [-0.2, -0.15) is 4.98 Å². The summed E-state index contributed by atoms with van der Waals surface area (Å²) in [5.74, 6) is 1.20. The zero-order valence-corrected chi connectivity index (χ0v) is 11.5. The number of thioether (sulfide) groups is 1. The van der Waals surface area contributed by atoms with Gasteiger partial charge in [-0.25, -0.2) is 4.39 Å². The SMILES string of the molecule is NC1COCC1c1nc(CSc2ccccc2F)no1. The molecule has 1 saturated heterocycles. The van der Waals surface area contributed by atoms with Crippen LogP contribution in [0.3, 0.4) is 0 Å². The molecule has 106 valence electrons. The van der Waals surface area contributed by atoms with Crippen molar-refractivity contribution in [2.24, 2.45) is 5.73 Å². The predicted octanol–water partition coefficient (Wildman–Crippen LogP) is 1.94. The van der Waals surface area contributed by atoms with Gasteiger partial charge in [0.25, 0.3) is 0 Å². The maximum Gasteiger partial charge on any atom is 0.233 e. The smallest absolute Gasteiger partial charge is 0.233 e. The molecular weight excluding hydrogens is 281 g/mol. The topological polar surface area (TPSA) is 74.2 Å². The van der Waals surface area contributed by atoms with E-state index in [0.29, 0.717) is 35.6 Å². The molecule has 0 spiro atoms. The number of rotatable bonds is 4. The zero-order chi connectivity index (χ0) is 13.9. The lowest BCUT2D eigenvalue weighted by molar-refractivity contribution is 0.187. The van der Waals surface area contributed by atoms with Crippen LogP contribution in [0.2, 0.25) is 0 Å². The van der Waals surface area contributed by atoms with Gasteiger partial charge in [-0.1, -0.05) is 17.3 Å². The summed E-state index contributed by atoms with van der Waals surface area (Å²) < 4.78 is 24.0. The largest absolute Gasteiger partial charge is 0.379 e. The van der Waals surface area contributed by atoms with E-state index in [2.05, 4.69) is 10.1 Å². The number of halogens is 1. The van der Waals surface area contributed by atoms with Gasteiger partial charge in [0.15, 0.2) is 5.82 Å². The van der Waals surface area contributed by atoms with Crippen LogP contribution in [0.4, 0.5) is 4.39 Å². The molecule has 2 heterocycles. The summed E-state index contributed by atoms with van der Waals surface area (Å²) in [6, 6.07) is 6.50. The van der Waals surface area contributed by atoms with E-state index in [9.17, 15) is 4.39 Å². The molecule has 0 saturated carbocycles. The highest BCUT2D eigenvalue weighted by molar-refractivity contribution is 7.98. The van der Waals surface area contributed by atoms with Crippen molar-refractivity contribution >= 4 is 11.8 Å². The first-order chi connectivity index (χ1) is 9.74. The quantitative estimate of drug-likeness (QED) is 0.869. The van der Waals surface area contributed by atoms with Gasteiger partial charge in [0.2, 0.25) is 5.89 Å². The third kappa shape index (κ3) is 2.84. The first kappa shape index (κ1) is 13.5. The van der Waals surface area contributed by atoms with Crippen LogP contribution in [0.15, 0.2) is 33.7 Å². The summed E-state index contributed by atoms with van der Waals surface area (Å²) in [5.41, 5.74) is 5.90. The number of ether oxygens (including phenoxy) is 1. The zero-order valence-electron chi connectivity index (χ0n) is 10.7. The Morgan fingerprint density at radius 2 is 2.20 bits per heavy atom. The van der Waals surface area contributed by atoms with Crippen molar-refractivity contribution in [3.05, 3.63) is 41.8 Å². The average Bonchev–Trinajstić information content (AvgIpc) is 3.06.